The molecule has 44 valence electrons. The van der Waals surface area contributed by atoms with Gasteiger partial charge < -0.3 is 0 Å². The van der Waals surface area contributed by atoms with E-state index in [-0.39, 0.29) is 0 Å². The van der Waals surface area contributed by atoms with Crippen LogP contribution in [0.5, 0.6) is 0 Å². The third-order valence-corrected chi connectivity index (χ3v) is 0.894. The highest BCUT2D eigenvalue weighted by Crippen LogP contribution is 1.98. The van der Waals surface area contributed by atoms with Gasteiger partial charge in [-0.2, -0.15) is 0 Å². The first-order valence-electron chi connectivity index (χ1n) is 1.82. The average molecular weight is 130 g/mol. The lowest BCUT2D eigenvalue weighted by molar-refractivity contribution is 0.117. The summed E-state index contributed by atoms with van der Waals surface area (Å²) in [5.41, 5.74) is 0. The SMILES string of the molecule is CC(NCl)C(F)F. The molecule has 0 radical (unpaired) electrons. The van der Waals surface area contributed by atoms with Crippen LogP contribution in [0, 0.1) is 0 Å². The Morgan fingerprint density at radius 1 is 1.57 bits per heavy atom. The first-order valence-corrected chi connectivity index (χ1v) is 2.20. The van der Waals surface area contributed by atoms with E-state index in [4.69, 9.17) is 11.8 Å². The summed E-state index contributed by atoms with van der Waals surface area (Å²) < 4.78 is 22.6. The summed E-state index contributed by atoms with van der Waals surface area (Å²) in [6, 6.07) is -0.915. The smallest absolute Gasteiger partial charge is 0.225 e. The van der Waals surface area contributed by atoms with E-state index < -0.39 is 12.5 Å². The Morgan fingerprint density at radius 2 is 2.00 bits per heavy atom. The van der Waals surface area contributed by atoms with Crippen LogP contribution in [-0.4, -0.2) is 12.5 Å². The number of nitrogens with one attached hydrogen (secondary N) is 1. The van der Waals surface area contributed by atoms with Crippen LogP contribution in [-0.2, 0) is 0 Å². The highest BCUT2D eigenvalue weighted by molar-refractivity contribution is 6.13. The molecule has 1 atom stereocenters. The molecular weight excluding hydrogens is 123 g/mol. The maximum absolute atomic E-state index is 11.3. The van der Waals surface area contributed by atoms with Crippen LogP contribution in [0.2, 0.25) is 0 Å². The third-order valence-electron chi connectivity index (χ3n) is 0.550. The van der Waals surface area contributed by atoms with Gasteiger partial charge in [-0.05, 0) is 18.7 Å². The Bertz CT molecular complexity index is 50.2. The van der Waals surface area contributed by atoms with Crippen LogP contribution < -0.4 is 4.84 Å². The van der Waals surface area contributed by atoms with Crippen molar-refractivity contribution in [1.82, 2.24) is 4.84 Å². The molecule has 0 saturated heterocycles. The van der Waals surface area contributed by atoms with E-state index in [2.05, 4.69) is 0 Å². The Morgan fingerprint density at radius 3 is 2.00 bits per heavy atom. The van der Waals surface area contributed by atoms with Crippen molar-refractivity contribution in [1.29, 1.82) is 0 Å². The van der Waals surface area contributed by atoms with E-state index >= 15 is 0 Å². The first kappa shape index (κ1) is 7.11. The zero-order valence-corrected chi connectivity index (χ0v) is 4.54. The molecule has 0 aromatic heterocycles. The van der Waals surface area contributed by atoms with Gasteiger partial charge in [0, 0.05) is 0 Å². The van der Waals surface area contributed by atoms with Crippen molar-refractivity contribution in [3.05, 3.63) is 0 Å². The van der Waals surface area contributed by atoms with Crippen LogP contribution in [0.25, 0.3) is 0 Å². The minimum atomic E-state index is -2.38. The van der Waals surface area contributed by atoms with E-state index in [9.17, 15) is 8.78 Å². The highest BCUT2D eigenvalue weighted by Gasteiger charge is 2.11. The molecule has 0 bridgehead atoms. The van der Waals surface area contributed by atoms with E-state index in [0.29, 0.717) is 0 Å². The van der Waals surface area contributed by atoms with Gasteiger partial charge in [-0.15, -0.1) is 0 Å². The molecule has 7 heavy (non-hydrogen) atoms. The maximum Gasteiger partial charge on any atom is 0.254 e. The predicted octanol–water partition coefficient (Wildman–Crippen LogP) is 1.38. The summed E-state index contributed by atoms with van der Waals surface area (Å²) in [5.74, 6) is 0. The predicted molar refractivity (Wildman–Crippen MR) is 24.5 cm³/mol. The van der Waals surface area contributed by atoms with Gasteiger partial charge >= 0.3 is 0 Å². The monoisotopic (exact) mass is 129 g/mol. The Balaban J connectivity index is 3.14. The molecule has 0 saturated carbocycles. The molecule has 4 heteroatoms. The molecule has 1 nitrogen and oxygen atoms in total. The lowest BCUT2D eigenvalue weighted by Crippen LogP contribution is -2.24. The van der Waals surface area contributed by atoms with E-state index in [0.717, 1.165) is 0 Å². The van der Waals surface area contributed by atoms with E-state index in [1.807, 2.05) is 4.84 Å². The van der Waals surface area contributed by atoms with Crippen LogP contribution in [0.1, 0.15) is 6.92 Å². The molecule has 0 spiro atoms. The molecule has 0 rings (SSSR count). The highest BCUT2D eigenvalue weighted by atomic mass is 35.5. The van der Waals surface area contributed by atoms with Gasteiger partial charge in [0.2, 0.25) is 0 Å². The van der Waals surface area contributed by atoms with Crippen molar-refractivity contribution >= 4 is 11.8 Å². The second-order valence-electron chi connectivity index (χ2n) is 1.23. The van der Waals surface area contributed by atoms with Crippen molar-refractivity contribution in [3.8, 4) is 0 Å². The fraction of sp³-hybridized carbons (Fsp3) is 1.00. The van der Waals surface area contributed by atoms with Crippen molar-refractivity contribution in [3.63, 3.8) is 0 Å². The van der Waals surface area contributed by atoms with Gasteiger partial charge in [0.05, 0.1) is 6.04 Å². The summed E-state index contributed by atoms with van der Waals surface area (Å²) in [7, 11) is 0. The molecular formula is C3H6ClF2N. The minimum absolute atomic E-state index is 0.915. The van der Waals surface area contributed by atoms with Gasteiger partial charge in [-0.3, -0.25) is 0 Å². The van der Waals surface area contributed by atoms with Crippen LogP contribution in [0.15, 0.2) is 0 Å². The molecule has 1 unspecified atom stereocenters. The fourth-order valence-electron chi connectivity index (χ4n) is 0.0476. The molecule has 0 aliphatic carbocycles. The lowest BCUT2D eigenvalue weighted by Gasteiger charge is -2.03. The van der Waals surface area contributed by atoms with Gasteiger partial charge in [0.1, 0.15) is 0 Å². The topological polar surface area (TPSA) is 12.0 Å². The molecule has 0 heterocycles. The normalized spacial score (nSPS) is 15.0. The molecule has 0 aliphatic rings. The van der Waals surface area contributed by atoms with Crippen molar-refractivity contribution in [2.45, 2.75) is 19.4 Å². The second-order valence-corrected chi connectivity index (χ2v) is 1.45. The quantitative estimate of drug-likeness (QED) is 0.556. The van der Waals surface area contributed by atoms with Gasteiger partial charge in [-0.1, -0.05) is 0 Å². The van der Waals surface area contributed by atoms with Crippen molar-refractivity contribution in [2.75, 3.05) is 0 Å². The van der Waals surface area contributed by atoms with E-state index in [1.54, 1.807) is 0 Å². The number of hydrogen-bond acceptors (Lipinski definition) is 1. The molecule has 0 aliphatic heterocycles. The molecule has 1 N–H and O–H groups in total. The van der Waals surface area contributed by atoms with Crippen LogP contribution >= 0.6 is 11.8 Å². The fourth-order valence-corrected chi connectivity index (χ4v) is 0.143. The van der Waals surface area contributed by atoms with E-state index in [1.165, 1.54) is 6.92 Å². The minimum Gasteiger partial charge on any atom is -0.225 e. The first-order chi connectivity index (χ1) is 3.18. The van der Waals surface area contributed by atoms with Crippen molar-refractivity contribution < 1.29 is 8.78 Å². The largest absolute Gasteiger partial charge is 0.254 e. The Labute approximate surface area is 45.8 Å². The zero-order chi connectivity index (χ0) is 5.86. The molecule has 0 fully saturated rings. The second kappa shape index (κ2) is 3.16. The number of halogens is 3. The van der Waals surface area contributed by atoms with Crippen molar-refractivity contribution in [2.24, 2.45) is 0 Å². The zero-order valence-electron chi connectivity index (χ0n) is 3.79. The summed E-state index contributed by atoms with van der Waals surface area (Å²) >= 11 is 4.82. The number of rotatable bonds is 2. The van der Waals surface area contributed by atoms with Crippen LogP contribution in [0.4, 0.5) is 8.78 Å². The number of hydrogen-bond donors (Lipinski definition) is 1. The van der Waals surface area contributed by atoms with Gasteiger partial charge in [0.15, 0.2) is 0 Å². The average Bonchev–Trinajstić information content (AvgIpc) is 1.65. The standard InChI is InChI=1S/C3H6ClF2N/c1-2(7-4)3(5)6/h2-3,7H,1H3. The Hall–Kier alpha value is 0.110. The maximum atomic E-state index is 11.3. The third kappa shape index (κ3) is 2.76. The summed E-state index contributed by atoms with van der Waals surface area (Å²) in [6.07, 6.45) is -2.38. The van der Waals surface area contributed by atoms with Gasteiger partial charge in [0.25, 0.3) is 6.43 Å². The summed E-state index contributed by atoms with van der Waals surface area (Å²) in [4.78, 5) is 1.89. The summed E-state index contributed by atoms with van der Waals surface area (Å²) in [5, 5.41) is 0. The lowest BCUT2D eigenvalue weighted by atomic mass is 10.4. The molecule has 0 aromatic rings. The van der Waals surface area contributed by atoms with Crippen LogP contribution in [0.3, 0.4) is 0 Å². The van der Waals surface area contributed by atoms with Gasteiger partial charge in [-0.25, -0.2) is 13.6 Å². The number of alkyl halides is 2. The Kier molecular flexibility index (Phi) is 3.21. The molecule has 0 amide bonds. The summed E-state index contributed by atoms with van der Waals surface area (Å²) in [6.45, 7) is 1.30. The molecule has 0 aromatic carbocycles.